The Morgan fingerprint density at radius 1 is 1.47 bits per heavy atom. The minimum absolute atomic E-state index is 0.0167. The molecular formula is C13H18N2O2. The summed E-state index contributed by atoms with van der Waals surface area (Å²) in [5.74, 6) is 0.825. The van der Waals surface area contributed by atoms with Gasteiger partial charge in [-0.05, 0) is 24.8 Å². The number of aromatic nitrogens is 1. The van der Waals surface area contributed by atoms with Gasteiger partial charge >= 0.3 is 0 Å². The van der Waals surface area contributed by atoms with E-state index in [1.54, 1.807) is 23.0 Å². The molecule has 0 atom stereocenters. The summed E-state index contributed by atoms with van der Waals surface area (Å²) in [6.07, 6.45) is 6.48. The topological polar surface area (TPSA) is 51.1 Å². The number of nitrogens with one attached hydrogen (secondary N) is 1. The Morgan fingerprint density at radius 3 is 2.88 bits per heavy atom. The van der Waals surface area contributed by atoms with E-state index in [-0.39, 0.29) is 11.7 Å². The first-order chi connectivity index (χ1) is 8.19. The maximum absolute atomic E-state index is 11.6. The Balaban J connectivity index is 1.82. The third kappa shape index (κ3) is 3.44. The SMILES string of the molecule is CCC(=O)c1ccn(CC(=O)NCC2CC2)c1. The molecule has 1 fully saturated rings. The number of ketones is 1. The highest BCUT2D eigenvalue weighted by Gasteiger charge is 2.21. The van der Waals surface area contributed by atoms with E-state index in [1.807, 2.05) is 6.92 Å². The largest absolute Gasteiger partial charge is 0.354 e. The van der Waals surface area contributed by atoms with Crippen LogP contribution in [0.3, 0.4) is 0 Å². The lowest BCUT2D eigenvalue weighted by Crippen LogP contribution is -2.28. The number of hydrogen-bond acceptors (Lipinski definition) is 2. The standard InChI is InChI=1S/C13H18N2O2/c1-2-12(16)11-5-6-15(8-11)9-13(17)14-7-10-3-4-10/h5-6,8,10H,2-4,7,9H2,1H3,(H,14,17). The van der Waals surface area contributed by atoms with E-state index in [4.69, 9.17) is 0 Å². The molecule has 1 N–H and O–H groups in total. The second-order valence-corrected chi connectivity index (χ2v) is 4.60. The number of rotatable bonds is 6. The first-order valence-corrected chi connectivity index (χ1v) is 6.14. The molecule has 4 nitrogen and oxygen atoms in total. The van der Waals surface area contributed by atoms with E-state index in [0.717, 1.165) is 6.54 Å². The van der Waals surface area contributed by atoms with Crippen LogP contribution in [0.15, 0.2) is 18.5 Å². The van der Waals surface area contributed by atoms with Gasteiger partial charge in [0.1, 0.15) is 6.54 Å². The molecule has 1 aliphatic carbocycles. The van der Waals surface area contributed by atoms with Crippen LogP contribution in [-0.2, 0) is 11.3 Å². The summed E-state index contributed by atoms with van der Waals surface area (Å²) in [5.41, 5.74) is 0.683. The van der Waals surface area contributed by atoms with Crippen molar-refractivity contribution in [2.75, 3.05) is 6.54 Å². The average molecular weight is 234 g/mol. The fourth-order valence-electron chi connectivity index (χ4n) is 1.71. The number of carbonyl (C=O) groups excluding carboxylic acids is 2. The van der Waals surface area contributed by atoms with Crippen molar-refractivity contribution < 1.29 is 9.59 Å². The fourth-order valence-corrected chi connectivity index (χ4v) is 1.71. The average Bonchev–Trinajstić information content (AvgIpc) is 3.05. The minimum Gasteiger partial charge on any atom is -0.354 e. The van der Waals surface area contributed by atoms with Gasteiger partial charge in [0.15, 0.2) is 5.78 Å². The normalized spacial score (nSPS) is 14.6. The van der Waals surface area contributed by atoms with Gasteiger partial charge in [-0.15, -0.1) is 0 Å². The summed E-state index contributed by atoms with van der Waals surface area (Å²) in [5, 5.41) is 2.90. The van der Waals surface area contributed by atoms with E-state index in [9.17, 15) is 9.59 Å². The molecule has 1 amide bonds. The zero-order valence-corrected chi connectivity index (χ0v) is 10.1. The quantitative estimate of drug-likeness (QED) is 0.760. The monoisotopic (exact) mass is 234 g/mol. The number of carbonyl (C=O) groups is 2. The van der Waals surface area contributed by atoms with Gasteiger partial charge in [-0.3, -0.25) is 9.59 Å². The van der Waals surface area contributed by atoms with Crippen LogP contribution in [0.4, 0.5) is 0 Å². The maximum atomic E-state index is 11.6. The molecule has 0 aromatic carbocycles. The van der Waals surface area contributed by atoms with Crippen molar-refractivity contribution in [2.24, 2.45) is 5.92 Å². The van der Waals surface area contributed by atoms with Crippen molar-refractivity contribution in [1.82, 2.24) is 9.88 Å². The van der Waals surface area contributed by atoms with Gasteiger partial charge < -0.3 is 9.88 Å². The Hall–Kier alpha value is -1.58. The molecule has 0 spiro atoms. The van der Waals surface area contributed by atoms with Crippen LogP contribution in [0.2, 0.25) is 0 Å². The predicted octanol–water partition coefficient (Wildman–Crippen LogP) is 1.61. The molecule has 0 radical (unpaired) electrons. The smallest absolute Gasteiger partial charge is 0.239 e. The van der Waals surface area contributed by atoms with E-state index >= 15 is 0 Å². The zero-order chi connectivity index (χ0) is 12.3. The lowest BCUT2D eigenvalue weighted by molar-refractivity contribution is -0.121. The molecule has 1 aliphatic rings. The molecule has 92 valence electrons. The van der Waals surface area contributed by atoms with Crippen molar-refractivity contribution in [1.29, 1.82) is 0 Å². The first kappa shape index (κ1) is 11.9. The zero-order valence-electron chi connectivity index (χ0n) is 10.1. The van der Waals surface area contributed by atoms with Gasteiger partial charge in [0.2, 0.25) is 5.91 Å². The van der Waals surface area contributed by atoms with Crippen molar-refractivity contribution >= 4 is 11.7 Å². The molecule has 0 saturated heterocycles. The van der Waals surface area contributed by atoms with Crippen LogP contribution in [0.25, 0.3) is 0 Å². The molecule has 4 heteroatoms. The van der Waals surface area contributed by atoms with Crippen LogP contribution in [0.1, 0.15) is 36.5 Å². The predicted molar refractivity (Wildman–Crippen MR) is 64.8 cm³/mol. The third-order valence-electron chi connectivity index (χ3n) is 3.00. The molecule has 2 rings (SSSR count). The molecular weight excluding hydrogens is 216 g/mol. The van der Waals surface area contributed by atoms with E-state index in [2.05, 4.69) is 5.32 Å². The molecule has 0 aliphatic heterocycles. The molecule has 0 unspecified atom stereocenters. The highest BCUT2D eigenvalue weighted by Crippen LogP contribution is 2.27. The number of amides is 1. The summed E-state index contributed by atoms with van der Waals surface area (Å²) in [6.45, 7) is 2.92. The van der Waals surface area contributed by atoms with Crippen LogP contribution in [-0.4, -0.2) is 22.8 Å². The highest BCUT2D eigenvalue weighted by molar-refractivity contribution is 5.95. The number of hydrogen-bond donors (Lipinski definition) is 1. The van der Waals surface area contributed by atoms with Crippen molar-refractivity contribution in [3.05, 3.63) is 24.0 Å². The van der Waals surface area contributed by atoms with E-state index in [0.29, 0.717) is 24.4 Å². The van der Waals surface area contributed by atoms with Crippen molar-refractivity contribution in [3.63, 3.8) is 0 Å². The summed E-state index contributed by atoms with van der Waals surface area (Å²) in [4.78, 5) is 23.0. The Morgan fingerprint density at radius 2 is 2.24 bits per heavy atom. The summed E-state index contributed by atoms with van der Waals surface area (Å²) >= 11 is 0. The second-order valence-electron chi connectivity index (χ2n) is 4.60. The summed E-state index contributed by atoms with van der Waals surface area (Å²) < 4.78 is 1.76. The molecule has 1 heterocycles. The molecule has 17 heavy (non-hydrogen) atoms. The summed E-state index contributed by atoms with van der Waals surface area (Å²) in [6, 6.07) is 1.76. The Kier molecular flexibility index (Phi) is 3.61. The number of Topliss-reactive ketones (excluding diaryl/α,β-unsaturated/α-hetero) is 1. The maximum Gasteiger partial charge on any atom is 0.239 e. The molecule has 1 saturated carbocycles. The summed E-state index contributed by atoms with van der Waals surface area (Å²) in [7, 11) is 0. The van der Waals surface area contributed by atoms with Crippen LogP contribution < -0.4 is 5.32 Å². The van der Waals surface area contributed by atoms with Crippen LogP contribution >= 0.6 is 0 Å². The van der Waals surface area contributed by atoms with Crippen molar-refractivity contribution in [3.8, 4) is 0 Å². The number of nitrogens with zero attached hydrogens (tertiary/aromatic N) is 1. The van der Waals surface area contributed by atoms with Gasteiger partial charge in [0.05, 0.1) is 0 Å². The Labute approximate surface area is 101 Å². The van der Waals surface area contributed by atoms with E-state index < -0.39 is 0 Å². The van der Waals surface area contributed by atoms with Crippen molar-refractivity contribution in [2.45, 2.75) is 32.7 Å². The minimum atomic E-state index is 0.0167. The molecule has 1 aromatic rings. The van der Waals surface area contributed by atoms with Crippen LogP contribution in [0.5, 0.6) is 0 Å². The van der Waals surface area contributed by atoms with Gasteiger partial charge in [0.25, 0.3) is 0 Å². The van der Waals surface area contributed by atoms with Gasteiger partial charge in [-0.2, -0.15) is 0 Å². The fraction of sp³-hybridized carbons (Fsp3) is 0.538. The van der Waals surface area contributed by atoms with Crippen LogP contribution in [0, 0.1) is 5.92 Å². The first-order valence-electron chi connectivity index (χ1n) is 6.14. The van der Waals surface area contributed by atoms with Gasteiger partial charge in [-0.1, -0.05) is 6.92 Å². The molecule has 1 aromatic heterocycles. The lowest BCUT2D eigenvalue weighted by Gasteiger charge is -2.04. The highest BCUT2D eigenvalue weighted by atomic mass is 16.2. The van der Waals surface area contributed by atoms with E-state index in [1.165, 1.54) is 12.8 Å². The Bertz CT molecular complexity index is 419. The second kappa shape index (κ2) is 5.17. The lowest BCUT2D eigenvalue weighted by atomic mass is 10.2. The van der Waals surface area contributed by atoms with Gasteiger partial charge in [-0.25, -0.2) is 0 Å². The molecule has 0 bridgehead atoms. The van der Waals surface area contributed by atoms with Gasteiger partial charge in [0, 0.05) is 30.9 Å². The third-order valence-corrected chi connectivity index (χ3v) is 3.00.